The van der Waals surface area contributed by atoms with E-state index in [1.165, 1.54) is 0 Å². The van der Waals surface area contributed by atoms with Gasteiger partial charge in [0.2, 0.25) is 5.28 Å². The average Bonchev–Trinajstić information content (AvgIpc) is 3.03. The molecule has 0 saturated heterocycles. The monoisotopic (exact) mass is 388 g/mol. The maximum Gasteiger partial charge on any atom is 0.407 e. The molecular formula is C18H21ClN6O2. The summed E-state index contributed by atoms with van der Waals surface area (Å²) in [5, 5.41) is 2.84. The van der Waals surface area contributed by atoms with Gasteiger partial charge < -0.3 is 20.4 Å². The number of nitrogens with zero attached hydrogens (tertiary/aromatic N) is 4. The molecule has 142 valence electrons. The number of hydrogen-bond donors (Lipinski definition) is 2. The highest BCUT2D eigenvalue weighted by Crippen LogP contribution is 2.18. The van der Waals surface area contributed by atoms with Crippen LogP contribution in [0.5, 0.6) is 0 Å². The number of nitrogens with one attached hydrogen (secondary N) is 1. The Balaban J connectivity index is 1.39. The molecule has 9 heteroatoms. The lowest BCUT2D eigenvalue weighted by molar-refractivity contribution is 0.143. The van der Waals surface area contributed by atoms with E-state index in [-0.39, 0.29) is 11.1 Å². The summed E-state index contributed by atoms with van der Waals surface area (Å²) in [6.45, 7) is 3.46. The van der Waals surface area contributed by atoms with Crippen LogP contribution >= 0.6 is 11.6 Å². The van der Waals surface area contributed by atoms with Gasteiger partial charge in [0.05, 0.1) is 12.9 Å². The number of carbonyl (C=O) groups is 1. The number of amides is 1. The highest BCUT2D eigenvalue weighted by atomic mass is 35.5. The summed E-state index contributed by atoms with van der Waals surface area (Å²) in [5.74, 6) is 0.261. The number of rotatable bonds is 7. The van der Waals surface area contributed by atoms with Crippen LogP contribution < -0.4 is 11.1 Å². The fraction of sp³-hybridized carbons (Fsp3) is 0.333. The third-order valence-corrected chi connectivity index (χ3v) is 4.18. The Morgan fingerprint density at radius 2 is 2.19 bits per heavy atom. The first kappa shape index (κ1) is 18.9. The molecule has 1 amide bonds. The largest absolute Gasteiger partial charge is 0.450 e. The number of anilines is 1. The van der Waals surface area contributed by atoms with Crippen molar-refractivity contribution in [3.05, 3.63) is 47.0 Å². The molecule has 3 N–H and O–H groups in total. The first-order valence-electron chi connectivity index (χ1n) is 8.63. The van der Waals surface area contributed by atoms with E-state index in [1.54, 1.807) is 6.33 Å². The number of carbonyl (C=O) groups excluding carboxylic acids is 1. The third kappa shape index (κ3) is 5.07. The lowest BCUT2D eigenvalue weighted by Gasteiger charge is -2.08. The van der Waals surface area contributed by atoms with Gasteiger partial charge in [0.15, 0.2) is 11.5 Å². The van der Waals surface area contributed by atoms with Crippen LogP contribution in [-0.2, 0) is 17.8 Å². The molecular weight excluding hydrogens is 368 g/mol. The van der Waals surface area contributed by atoms with Crippen LogP contribution in [0.25, 0.3) is 11.2 Å². The minimum absolute atomic E-state index is 0.0929. The number of halogens is 1. The molecule has 0 saturated carbocycles. The topological polar surface area (TPSA) is 108 Å². The van der Waals surface area contributed by atoms with Crippen molar-refractivity contribution in [1.29, 1.82) is 0 Å². The molecule has 0 radical (unpaired) electrons. The van der Waals surface area contributed by atoms with Gasteiger partial charge in [0.1, 0.15) is 5.52 Å². The lowest BCUT2D eigenvalue weighted by Crippen LogP contribution is -2.24. The maximum absolute atomic E-state index is 11.7. The fourth-order valence-corrected chi connectivity index (χ4v) is 2.87. The second-order valence-electron chi connectivity index (χ2n) is 6.17. The van der Waals surface area contributed by atoms with Crippen molar-refractivity contribution < 1.29 is 9.53 Å². The number of ether oxygens (including phenoxy) is 1. The summed E-state index contributed by atoms with van der Waals surface area (Å²) in [6, 6.07) is 7.96. The van der Waals surface area contributed by atoms with E-state index in [4.69, 9.17) is 22.1 Å². The van der Waals surface area contributed by atoms with E-state index in [9.17, 15) is 4.79 Å². The summed E-state index contributed by atoms with van der Waals surface area (Å²) in [6.07, 6.45) is 2.74. The molecule has 0 unspecified atom stereocenters. The summed E-state index contributed by atoms with van der Waals surface area (Å²) >= 11 is 5.85. The molecule has 0 aliphatic rings. The Morgan fingerprint density at radius 1 is 1.33 bits per heavy atom. The van der Waals surface area contributed by atoms with E-state index in [0.29, 0.717) is 37.3 Å². The molecule has 0 aliphatic carbocycles. The van der Waals surface area contributed by atoms with E-state index in [1.807, 2.05) is 35.8 Å². The Kier molecular flexibility index (Phi) is 6.08. The van der Waals surface area contributed by atoms with Gasteiger partial charge in [-0.05, 0) is 36.9 Å². The zero-order chi connectivity index (χ0) is 19.2. The van der Waals surface area contributed by atoms with E-state index >= 15 is 0 Å². The first-order valence-corrected chi connectivity index (χ1v) is 9.01. The van der Waals surface area contributed by atoms with Crippen molar-refractivity contribution in [1.82, 2.24) is 24.8 Å². The number of imidazole rings is 1. The smallest absolute Gasteiger partial charge is 0.407 e. The van der Waals surface area contributed by atoms with Crippen LogP contribution in [-0.4, -0.2) is 32.2 Å². The van der Waals surface area contributed by atoms with Crippen LogP contribution in [0.15, 0.2) is 30.6 Å². The normalized spacial score (nSPS) is 10.9. The zero-order valence-corrected chi connectivity index (χ0v) is 15.7. The van der Waals surface area contributed by atoms with Gasteiger partial charge in [-0.15, -0.1) is 0 Å². The van der Waals surface area contributed by atoms with E-state index in [2.05, 4.69) is 20.3 Å². The molecule has 8 nitrogen and oxygen atoms in total. The van der Waals surface area contributed by atoms with Crippen LogP contribution in [0.1, 0.15) is 24.0 Å². The van der Waals surface area contributed by atoms with Gasteiger partial charge in [0.25, 0.3) is 0 Å². The molecule has 2 aromatic heterocycles. The zero-order valence-electron chi connectivity index (χ0n) is 15.0. The number of alkyl carbamates (subject to hydrolysis) is 1. The van der Waals surface area contributed by atoms with Crippen molar-refractivity contribution in [2.45, 2.75) is 32.9 Å². The third-order valence-electron chi connectivity index (χ3n) is 4.01. The van der Waals surface area contributed by atoms with Crippen molar-refractivity contribution in [3.8, 4) is 0 Å². The van der Waals surface area contributed by atoms with Gasteiger partial charge in [-0.3, -0.25) is 0 Å². The molecule has 0 atom stereocenters. The second kappa shape index (κ2) is 8.68. The quantitative estimate of drug-likeness (QED) is 0.475. The SMILES string of the molecule is Cc1cccc(CNC(=O)OCCCCn2cnc3c(N)nc(Cl)nc32)c1. The van der Waals surface area contributed by atoms with Gasteiger partial charge in [0, 0.05) is 13.1 Å². The molecule has 0 fully saturated rings. The van der Waals surface area contributed by atoms with Crippen LogP contribution in [0.3, 0.4) is 0 Å². The predicted octanol–water partition coefficient (Wildman–Crippen LogP) is 3.08. The molecule has 0 spiro atoms. The highest BCUT2D eigenvalue weighted by Gasteiger charge is 2.10. The summed E-state index contributed by atoms with van der Waals surface area (Å²) < 4.78 is 7.06. The van der Waals surface area contributed by atoms with Gasteiger partial charge in [-0.1, -0.05) is 29.8 Å². The number of aryl methyl sites for hydroxylation is 2. The summed E-state index contributed by atoms with van der Waals surface area (Å²) in [5.41, 5.74) is 9.11. The maximum atomic E-state index is 11.7. The minimum atomic E-state index is -0.420. The standard InChI is InChI=1S/C18H21ClN6O2/c1-12-5-4-6-13(9-12)10-21-18(26)27-8-3-2-7-25-11-22-14-15(20)23-17(19)24-16(14)25/h4-6,9,11H,2-3,7-8,10H2,1H3,(H,21,26)(H2,20,23,24). The molecule has 1 aromatic carbocycles. The number of fused-ring (bicyclic) bond motifs is 1. The highest BCUT2D eigenvalue weighted by molar-refractivity contribution is 6.28. The van der Waals surface area contributed by atoms with E-state index in [0.717, 1.165) is 17.5 Å². The number of benzene rings is 1. The summed E-state index contributed by atoms with van der Waals surface area (Å²) in [7, 11) is 0. The van der Waals surface area contributed by atoms with Gasteiger partial charge >= 0.3 is 6.09 Å². The predicted molar refractivity (Wildman–Crippen MR) is 103 cm³/mol. The molecule has 3 rings (SSSR count). The van der Waals surface area contributed by atoms with Crippen LogP contribution in [0.2, 0.25) is 5.28 Å². The Labute approximate surface area is 161 Å². The Hall–Kier alpha value is -2.87. The van der Waals surface area contributed by atoms with Crippen molar-refractivity contribution in [2.24, 2.45) is 0 Å². The van der Waals surface area contributed by atoms with Crippen molar-refractivity contribution in [2.75, 3.05) is 12.3 Å². The number of unbranched alkanes of at least 4 members (excludes halogenated alkanes) is 1. The average molecular weight is 389 g/mol. The lowest BCUT2D eigenvalue weighted by atomic mass is 10.1. The van der Waals surface area contributed by atoms with Crippen molar-refractivity contribution in [3.63, 3.8) is 0 Å². The number of aromatic nitrogens is 4. The van der Waals surface area contributed by atoms with Crippen LogP contribution in [0.4, 0.5) is 10.6 Å². The van der Waals surface area contributed by atoms with Crippen molar-refractivity contribution >= 4 is 34.7 Å². The number of nitrogen functional groups attached to an aromatic ring is 1. The molecule has 0 aliphatic heterocycles. The Morgan fingerprint density at radius 3 is 3.00 bits per heavy atom. The first-order chi connectivity index (χ1) is 13.0. The fourth-order valence-electron chi connectivity index (χ4n) is 2.70. The van der Waals surface area contributed by atoms with Gasteiger partial charge in [-0.25, -0.2) is 9.78 Å². The second-order valence-corrected chi connectivity index (χ2v) is 6.51. The molecule has 2 heterocycles. The van der Waals surface area contributed by atoms with E-state index < -0.39 is 6.09 Å². The molecule has 27 heavy (non-hydrogen) atoms. The number of hydrogen-bond acceptors (Lipinski definition) is 6. The van der Waals surface area contributed by atoms with Gasteiger partial charge in [-0.2, -0.15) is 9.97 Å². The summed E-state index contributed by atoms with van der Waals surface area (Å²) in [4.78, 5) is 24.0. The molecule has 3 aromatic rings. The minimum Gasteiger partial charge on any atom is -0.450 e. The molecule has 0 bridgehead atoms. The Bertz CT molecular complexity index is 943. The number of nitrogens with two attached hydrogens (primary N) is 1. The van der Waals surface area contributed by atoms with Crippen LogP contribution in [0, 0.1) is 6.92 Å².